The molecule has 0 unspecified atom stereocenters. The molecular formula is C36H60BrN2+. The molecule has 2 aromatic rings. The second-order valence-corrected chi connectivity index (χ2v) is 12.6. The third-order valence-electron chi connectivity index (χ3n) is 8.12. The normalized spacial score (nSPS) is 11.3. The number of aryl methyl sites for hydroxylation is 3. The van der Waals surface area contributed by atoms with Crippen LogP contribution in [0.4, 0.5) is 0 Å². The summed E-state index contributed by atoms with van der Waals surface area (Å²) in [6.07, 6.45) is 41.8. The van der Waals surface area contributed by atoms with E-state index in [4.69, 9.17) is 0 Å². The first-order valence-corrected chi connectivity index (χ1v) is 17.9. The average molecular weight is 601 g/mol. The fourth-order valence-corrected chi connectivity index (χ4v) is 6.03. The van der Waals surface area contributed by atoms with Crippen LogP contribution in [-0.4, -0.2) is 10.3 Å². The molecule has 0 aliphatic rings. The van der Waals surface area contributed by atoms with E-state index in [2.05, 4.69) is 56.1 Å². The zero-order valence-corrected chi connectivity index (χ0v) is 26.9. The number of hydrogen-bond acceptors (Lipinski definition) is 1. The first-order chi connectivity index (χ1) is 19.4. The molecule has 2 nitrogen and oxygen atoms in total. The topological polar surface area (TPSA) is 16.8 Å². The molecule has 0 saturated heterocycles. The van der Waals surface area contributed by atoms with Gasteiger partial charge in [0.1, 0.15) is 6.54 Å². The number of hydrogen-bond donors (Lipinski definition) is 0. The van der Waals surface area contributed by atoms with Crippen molar-refractivity contribution in [2.45, 2.75) is 161 Å². The van der Waals surface area contributed by atoms with E-state index in [0.717, 1.165) is 0 Å². The molecule has 0 fully saturated rings. The number of unbranched alkanes of at least 4 members (excludes halogenated alkanes) is 20. The highest BCUT2D eigenvalue weighted by Crippen LogP contribution is 2.14. The van der Waals surface area contributed by atoms with Crippen LogP contribution in [0.1, 0.15) is 152 Å². The maximum atomic E-state index is 4.21. The van der Waals surface area contributed by atoms with Crippen LogP contribution in [0.15, 0.2) is 49.1 Å². The van der Waals surface area contributed by atoms with E-state index in [0.29, 0.717) is 0 Å². The van der Waals surface area contributed by atoms with Gasteiger partial charge in [0.15, 0.2) is 12.4 Å². The second kappa shape index (κ2) is 25.7. The van der Waals surface area contributed by atoms with Crippen molar-refractivity contribution >= 4 is 15.9 Å². The van der Waals surface area contributed by atoms with E-state index in [1.165, 1.54) is 177 Å². The Morgan fingerprint density at radius 3 is 1.49 bits per heavy atom. The third kappa shape index (κ3) is 20.3. The zero-order chi connectivity index (χ0) is 27.5. The largest absolute Gasteiger partial charge is 0.264 e. The van der Waals surface area contributed by atoms with Crippen LogP contribution in [0.2, 0.25) is 0 Å². The van der Waals surface area contributed by atoms with Gasteiger partial charge in [-0.25, -0.2) is 4.57 Å². The summed E-state index contributed by atoms with van der Waals surface area (Å²) in [7, 11) is 0. The molecule has 0 atom stereocenters. The van der Waals surface area contributed by atoms with Gasteiger partial charge in [-0.2, -0.15) is 0 Å². The summed E-state index contributed by atoms with van der Waals surface area (Å²) in [4.78, 5) is 4.21. The van der Waals surface area contributed by atoms with Crippen LogP contribution in [-0.2, 0) is 19.4 Å². The fraction of sp³-hybridized carbons (Fsp3) is 0.722. The predicted molar refractivity (Wildman–Crippen MR) is 174 cm³/mol. The number of pyridine rings is 2. The average Bonchev–Trinajstić information content (AvgIpc) is 2.97. The summed E-state index contributed by atoms with van der Waals surface area (Å²) in [5.74, 6) is 0. The van der Waals surface area contributed by atoms with Gasteiger partial charge in [-0.05, 0) is 56.2 Å². The van der Waals surface area contributed by atoms with Gasteiger partial charge in [0, 0.05) is 35.8 Å². The number of aromatic nitrogens is 2. The molecule has 0 spiro atoms. The van der Waals surface area contributed by atoms with Gasteiger partial charge in [0.05, 0.1) is 0 Å². The van der Waals surface area contributed by atoms with Crippen molar-refractivity contribution in [2.75, 3.05) is 5.33 Å². The predicted octanol–water partition coefficient (Wildman–Crippen LogP) is 11.1. The smallest absolute Gasteiger partial charge is 0.171 e. The molecule has 220 valence electrons. The Morgan fingerprint density at radius 1 is 0.513 bits per heavy atom. The molecule has 39 heavy (non-hydrogen) atoms. The summed E-state index contributed by atoms with van der Waals surface area (Å²) < 4.78 is 2.43. The van der Waals surface area contributed by atoms with Gasteiger partial charge in [0.25, 0.3) is 0 Å². The molecule has 2 rings (SSSR count). The van der Waals surface area contributed by atoms with Crippen molar-refractivity contribution in [3.8, 4) is 0 Å². The molecule has 0 N–H and O–H groups in total. The zero-order valence-electron chi connectivity index (χ0n) is 25.3. The van der Waals surface area contributed by atoms with Gasteiger partial charge in [0.2, 0.25) is 0 Å². The van der Waals surface area contributed by atoms with E-state index in [1.807, 2.05) is 18.5 Å². The van der Waals surface area contributed by atoms with Crippen molar-refractivity contribution in [2.24, 2.45) is 0 Å². The van der Waals surface area contributed by atoms with Crippen LogP contribution in [0.5, 0.6) is 0 Å². The quantitative estimate of drug-likeness (QED) is 0.0566. The summed E-state index contributed by atoms with van der Waals surface area (Å²) in [6.45, 7) is 1.18. The molecular weight excluding hydrogens is 540 g/mol. The lowest BCUT2D eigenvalue weighted by Crippen LogP contribution is -2.33. The molecule has 0 aliphatic heterocycles. The standard InChI is InChI=1S/C36H60BrN2/c37-29-21-17-13-9-5-1-3-8-12-16-20-26-36-28-24-32-39(34-36)31-22-18-14-10-6-2-4-7-11-15-19-25-35-27-23-30-38-33-35/h23-24,27-28,30,32-34H,1-22,25-26,29,31H2/q+1. The third-order valence-corrected chi connectivity index (χ3v) is 8.68. The molecule has 0 aromatic carbocycles. The number of halogens is 1. The number of rotatable bonds is 27. The Kier molecular flexibility index (Phi) is 22.4. The van der Waals surface area contributed by atoms with Crippen molar-refractivity contribution in [1.29, 1.82) is 0 Å². The van der Waals surface area contributed by atoms with Crippen LogP contribution in [0, 0.1) is 0 Å². The molecule has 0 saturated carbocycles. The van der Waals surface area contributed by atoms with Crippen molar-refractivity contribution in [1.82, 2.24) is 4.98 Å². The van der Waals surface area contributed by atoms with Gasteiger partial charge in [-0.3, -0.25) is 4.98 Å². The first kappa shape index (κ1) is 34.0. The van der Waals surface area contributed by atoms with Crippen molar-refractivity contribution < 1.29 is 4.57 Å². The van der Waals surface area contributed by atoms with E-state index in [9.17, 15) is 0 Å². The lowest BCUT2D eigenvalue weighted by atomic mass is 10.0. The lowest BCUT2D eigenvalue weighted by molar-refractivity contribution is -0.697. The molecule has 0 radical (unpaired) electrons. The summed E-state index contributed by atoms with van der Waals surface area (Å²) in [5.41, 5.74) is 2.91. The molecule has 0 amide bonds. The van der Waals surface area contributed by atoms with E-state index in [1.54, 1.807) is 0 Å². The highest BCUT2D eigenvalue weighted by Gasteiger charge is 2.03. The molecule has 0 bridgehead atoms. The maximum absolute atomic E-state index is 4.21. The van der Waals surface area contributed by atoms with Gasteiger partial charge in [-0.15, -0.1) is 0 Å². The highest BCUT2D eigenvalue weighted by atomic mass is 79.9. The number of nitrogens with zero attached hydrogens (tertiary/aromatic N) is 2. The minimum atomic E-state index is 1.17. The molecule has 2 heterocycles. The summed E-state index contributed by atoms with van der Waals surface area (Å²) in [5, 5.41) is 1.17. The molecule has 0 aliphatic carbocycles. The van der Waals surface area contributed by atoms with Gasteiger partial charge in [-0.1, -0.05) is 131 Å². The Bertz CT molecular complexity index is 779. The summed E-state index contributed by atoms with van der Waals surface area (Å²) >= 11 is 3.52. The Hall–Kier alpha value is -1.22. The SMILES string of the molecule is BrCCCCCCCCCCCCCc1ccc[n+](CCCCCCCCCCCCCc2cccnc2)c1. The maximum Gasteiger partial charge on any atom is 0.171 e. The van der Waals surface area contributed by atoms with Crippen LogP contribution in [0.25, 0.3) is 0 Å². The van der Waals surface area contributed by atoms with Crippen molar-refractivity contribution in [3.63, 3.8) is 0 Å². The van der Waals surface area contributed by atoms with E-state index >= 15 is 0 Å². The molecule has 3 heteroatoms. The monoisotopic (exact) mass is 599 g/mol. The minimum Gasteiger partial charge on any atom is -0.264 e. The second-order valence-electron chi connectivity index (χ2n) is 11.8. The van der Waals surface area contributed by atoms with Gasteiger partial charge >= 0.3 is 0 Å². The summed E-state index contributed by atoms with van der Waals surface area (Å²) in [6, 6.07) is 8.83. The van der Waals surface area contributed by atoms with Crippen LogP contribution in [0.3, 0.4) is 0 Å². The fourth-order valence-electron chi connectivity index (χ4n) is 5.64. The van der Waals surface area contributed by atoms with E-state index < -0.39 is 0 Å². The lowest BCUT2D eigenvalue weighted by Gasteiger charge is -2.04. The Balaban J connectivity index is 1.33. The Morgan fingerprint density at radius 2 is 0.974 bits per heavy atom. The van der Waals surface area contributed by atoms with Crippen molar-refractivity contribution in [3.05, 3.63) is 60.2 Å². The highest BCUT2D eigenvalue weighted by molar-refractivity contribution is 9.09. The van der Waals surface area contributed by atoms with E-state index in [-0.39, 0.29) is 0 Å². The number of alkyl halides is 1. The Labute approximate surface area is 250 Å². The molecule has 2 aromatic heterocycles. The van der Waals surface area contributed by atoms with Crippen LogP contribution < -0.4 is 4.57 Å². The van der Waals surface area contributed by atoms with Gasteiger partial charge < -0.3 is 0 Å². The first-order valence-electron chi connectivity index (χ1n) is 16.8. The van der Waals surface area contributed by atoms with Crippen LogP contribution >= 0.6 is 15.9 Å². The minimum absolute atomic E-state index is 1.17.